The highest BCUT2D eigenvalue weighted by Crippen LogP contribution is 2.40. The van der Waals surface area contributed by atoms with Gasteiger partial charge in [-0.05, 0) is 12.1 Å². The third kappa shape index (κ3) is 1.78. The van der Waals surface area contributed by atoms with Crippen molar-refractivity contribution < 1.29 is 21.4 Å². The van der Waals surface area contributed by atoms with Crippen molar-refractivity contribution in [2.24, 2.45) is 0 Å². The first kappa shape index (κ1) is 12.5. The van der Waals surface area contributed by atoms with Crippen molar-refractivity contribution in [2.45, 2.75) is 23.9 Å². The zero-order valence-electron chi connectivity index (χ0n) is 11.7. The van der Waals surface area contributed by atoms with E-state index in [9.17, 15) is 15.3 Å². The molecule has 9 nitrogen and oxygen atoms in total. The van der Waals surface area contributed by atoms with Gasteiger partial charge in [0.25, 0.3) is 0 Å². The third-order valence-corrected chi connectivity index (χ3v) is 3.63. The summed E-state index contributed by atoms with van der Waals surface area (Å²) in [6.07, 6.45) is -4.48. The molecule has 0 saturated carbocycles. The Hall–Kier alpha value is -2.25. The van der Waals surface area contributed by atoms with E-state index in [2.05, 4.69) is 10.1 Å². The summed E-state index contributed by atoms with van der Waals surface area (Å²) in [5.41, 5.74) is 4.46. The second-order valence-electron chi connectivity index (χ2n) is 4.79. The van der Waals surface area contributed by atoms with Crippen molar-refractivity contribution in [3.05, 3.63) is 24.1 Å². The van der Waals surface area contributed by atoms with Crippen molar-refractivity contribution in [3.8, 4) is 6.07 Å². The van der Waals surface area contributed by atoms with E-state index in [1.165, 1.54) is 10.6 Å². The number of aliphatic hydroxyl groups excluding tert-OH is 3. The van der Waals surface area contributed by atoms with E-state index in [4.69, 9.17) is 17.1 Å². The van der Waals surface area contributed by atoms with Crippen LogP contribution >= 0.6 is 0 Å². The highest BCUT2D eigenvalue weighted by Gasteiger charge is 2.55. The number of hydrogen-bond donors (Lipinski definition) is 4. The summed E-state index contributed by atoms with van der Waals surface area (Å²) < 4.78 is 14.2. The molecule has 0 unspecified atom stereocenters. The highest BCUT2D eigenvalue weighted by molar-refractivity contribution is 5.65. The summed E-state index contributed by atoms with van der Waals surface area (Å²) >= 11 is 0. The minimum Gasteiger partial charge on any atom is -0.392 e. The van der Waals surface area contributed by atoms with Crippen molar-refractivity contribution in [3.63, 3.8) is 0 Å². The van der Waals surface area contributed by atoms with Gasteiger partial charge in [-0.3, -0.25) is 0 Å². The molecule has 9 heteroatoms. The summed E-state index contributed by atoms with van der Waals surface area (Å²) in [6.45, 7) is -0.775. The van der Waals surface area contributed by atoms with E-state index >= 15 is 0 Å². The zero-order valence-corrected chi connectivity index (χ0v) is 10.7. The summed E-state index contributed by atoms with van der Waals surface area (Å²) in [4.78, 5) is 3.70. The molecular weight excluding hydrogens is 278 g/mol. The molecule has 0 aromatic carbocycles. The fraction of sp³-hybridized carbons (Fsp3) is 0.417. The molecule has 0 amide bonds. The van der Waals surface area contributed by atoms with Gasteiger partial charge >= 0.3 is 0 Å². The number of nitrogens with zero attached hydrogens (tertiary/aromatic N) is 4. The maximum Gasteiger partial charge on any atom is 0.206 e. The first-order valence-electron chi connectivity index (χ1n) is 6.61. The lowest BCUT2D eigenvalue weighted by Crippen LogP contribution is -2.44. The first-order valence-corrected chi connectivity index (χ1v) is 6.11. The van der Waals surface area contributed by atoms with Crippen molar-refractivity contribution in [1.29, 1.82) is 5.26 Å². The molecule has 1 aliphatic rings. The van der Waals surface area contributed by atoms with Gasteiger partial charge in [-0.15, -0.1) is 0 Å². The molecule has 0 spiro atoms. The second kappa shape index (κ2) is 4.64. The van der Waals surface area contributed by atoms with E-state index in [-0.39, 0.29) is 17.8 Å². The molecule has 0 radical (unpaired) electrons. The normalized spacial score (nSPS) is 33.0. The van der Waals surface area contributed by atoms with Crippen LogP contribution in [0.1, 0.15) is 13.2 Å². The summed E-state index contributed by atoms with van der Waals surface area (Å²) in [7, 11) is 0. The van der Waals surface area contributed by atoms with Crippen LogP contribution in [0.4, 0.5) is 5.82 Å². The average molecular weight is 292 g/mol. The summed E-state index contributed by atoms with van der Waals surface area (Å²) in [5.74, 6) is 0.0768. The number of fused-ring (bicyclic) bond motifs is 1. The lowest BCUT2D eigenvalue weighted by molar-refractivity contribution is -0.0746. The molecule has 1 fully saturated rings. The van der Waals surface area contributed by atoms with Crippen molar-refractivity contribution in [1.82, 2.24) is 14.6 Å². The van der Waals surface area contributed by atoms with Crippen LogP contribution in [-0.4, -0.2) is 54.3 Å². The monoisotopic (exact) mass is 292 g/mol. The molecule has 1 saturated heterocycles. The molecule has 2 aromatic heterocycles. The second-order valence-corrected chi connectivity index (χ2v) is 4.79. The number of anilines is 1. The number of aliphatic hydroxyl groups is 3. The Labute approximate surface area is 120 Å². The average Bonchev–Trinajstić information content (AvgIpc) is 3.01. The minimum absolute atomic E-state index is 0.0768. The fourth-order valence-electron chi connectivity index (χ4n) is 2.45. The number of hydrogen-bond acceptors (Lipinski definition) is 8. The number of ether oxygens (including phenoxy) is 1. The number of nitrogens with two attached hydrogens (primary N) is 1. The Kier molecular flexibility index (Phi) is 2.76. The van der Waals surface area contributed by atoms with E-state index in [0.717, 1.165) is 0 Å². The summed E-state index contributed by atoms with van der Waals surface area (Å²) in [6, 6.07) is 4.78. The van der Waals surface area contributed by atoms with Gasteiger partial charge in [-0.25, -0.2) is 9.50 Å². The molecule has 3 rings (SSSR count). The van der Waals surface area contributed by atoms with Gasteiger partial charge in [-0.2, -0.15) is 10.4 Å². The van der Waals surface area contributed by atoms with Gasteiger partial charge in [0, 0.05) is 0 Å². The van der Waals surface area contributed by atoms with Crippen molar-refractivity contribution >= 4 is 11.3 Å². The zero-order chi connectivity index (χ0) is 16.1. The third-order valence-electron chi connectivity index (χ3n) is 3.63. The molecule has 1 aliphatic heterocycles. The van der Waals surface area contributed by atoms with E-state index < -0.39 is 30.5 Å². The first-order chi connectivity index (χ1) is 10.4. The predicted octanol–water partition coefficient (Wildman–Crippen LogP) is -1.64. The Morgan fingerprint density at radius 2 is 2.33 bits per heavy atom. The quantitative estimate of drug-likeness (QED) is 0.514. The minimum atomic E-state index is -1.92. The van der Waals surface area contributed by atoms with Gasteiger partial charge in [0.1, 0.15) is 37.6 Å². The van der Waals surface area contributed by atoms with Crippen LogP contribution in [0.3, 0.4) is 0 Å². The topological polar surface area (TPSA) is 150 Å². The maximum absolute atomic E-state index is 10.2. The Balaban J connectivity index is 2.11. The Morgan fingerprint density at radius 3 is 2.95 bits per heavy atom. The molecule has 21 heavy (non-hydrogen) atoms. The fourth-order valence-corrected chi connectivity index (χ4v) is 2.45. The molecule has 3 heterocycles. The largest absolute Gasteiger partial charge is 0.392 e. The number of nitriles is 1. The van der Waals surface area contributed by atoms with Gasteiger partial charge in [0.2, 0.25) is 5.60 Å². The van der Waals surface area contributed by atoms with Gasteiger partial charge in [0.15, 0.2) is 5.82 Å². The number of nitrogen functional groups attached to an aromatic ring is 1. The Bertz CT molecular complexity index is 775. The smallest absolute Gasteiger partial charge is 0.206 e. The predicted molar refractivity (Wildman–Crippen MR) is 68.7 cm³/mol. The van der Waals surface area contributed by atoms with E-state index in [1.807, 2.05) is 0 Å². The lowest BCUT2D eigenvalue weighted by Gasteiger charge is -2.21. The summed E-state index contributed by atoms with van der Waals surface area (Å²) in [5, 5.41) is 42.5. The lowest BCUT2D eigenvalue weighted by atomic mass is 9.96. The van der Waals surface area contributed by atoms with Crippen LogP contribution in [0.2, 0.25) is 0 Å². The van der Waals surface area contributed by atoms with Crippen LogP contribution in [0.15, 0.2) is 18.4 Å². The SMILES string of the molecule is [2H]c1nc(N)c2ccc([C@@H]3O[C@](C#N)(CO)[C@@H](O)[C@H]3O)n2n1. The van der Waals surface area contributed by atoms with Crippen LogP contribution < -0.4 is 5.73 Å². The van der Waals surface area contributed by atoms with Gasteiger partial charge < -0.3 is 25.8 Å². The van der Waals surface area contributed by atoms with Gasteiger partial charge in [-0.1, -0.05) is 0 Å². The highest BCUT2D eigenvalue weighted by atomic mass is 16.6. The van der Waals surface area contributed by atoms with Crippen LogP contribution in [0, 0.1) is 11.3 Å². The van der Waals surface area contributed by atoms with Crippen LogP contribution in [0.5, 0.6) is 0 Å². The standard InChI is InChI=1S/C12H13N5O4/c13-3-12(4-18)10(20)8(19)9(21-12)6-1-2-7-11(14)15-5-16-17(6)7/h1-2,5,8-10,18-20H,4H2,(H2,14,15,16)/t8-,9-,10-,12+/m0/s1/i5D. The molecule has 4 atom stereocenters. The number of rotatable bonds is 2. The van der Waals surface area contributed by atoms with Crippen LogP contribution in [0.25, 0.3) is 5.52 Å². The van der Waals surface area contributed by atoms with Crippen LogP contribution in [-0.2, 0) is 4.74 Å². The van der Waals surface area contributed by atoms with Gasteiger partial charge in [0.05, 0.1) is 12.3 Å². The molecule has 0 aliphatic carbocycles. The number of aromatic nitrogens is 3. The van der Waals surface area contributed by atoms with E-state index in [1.54, 1.807) is 12.1 Å². The molecule has 0 bridgehead atoms. The molecule has 2 aromatic rings. The molecule has 5 N–H and O–H groups in total. The Morgan fingerprint density at radius 1 is 1.57 bits per heavy atom. The maximum atomic E-state index is 10.2. The van der Waals surface area contributed by atoms with E-state index in [0.29, 0.717) is 5.52 Å². The molecule has 110 valence electrons. The molecular formula is C12H13N5O4. The van der Waals surface area contributed by atoms with Crippen molar-refractivity contribution in [2.75, 3.05) is 12.3 Å².